The van der Waals surface area contributed by atoms with Gasteiger partial charge in [-0.1, -0.05) is 12.1 Å². The van der Waals surface area contributed by atoms with Crippen LogP contribution in [0.25, 0.3) is 0 Å². The lowest BCUT2D eigenvalue weighted by Gasteiger charge is -2.33. The van der Waals surface area contributed by atoms with E-state index in [-0.39, 0.29) is 11.9 Å². The molecule has 1 saturated heterocycles. The van der Waals surface area contributed by atoms with Gasteiger partial charge in [-0.2, -0.15) is 0 Å². The summed E-state index contributed by atoms with van der Waals surface area (Å²) in [6.07, 6.45) is -1.60. The minimum Gasteiger partial charge on any atom is -0.360 e. The second-order valence-electron chi connectivity index (χ2n) is 4.14. The predicted molar refractivity (Wildman–Crippen MR) is 58.4 cm³/mol. The highest BCUT2D eigenvalue weighted by Crippen LogP contribution is 2.14. The van der Waals surface area contributed by atoms with Crippen LogP contribution >= 0.6 is 0 Å². The molecule has 2 rings (SSSR count). The third-order valence-electron chi connectivity index (χ3n) is 2.65. The van der Waals surface area contributed by atoms with E-state index in [1.54, 1.807) is 19.1 Å². The average Bonchev–Trinajstić information content (AvgIpc) is 2.28. The molecule has 0 aromatic heterocycles. The number of carbonyl (C=O) groups excluding carboxylic acids is 1. The van der Waals surface area contributed by atoms with Crippen molar-refractivity contribution in [1.29, 1.82) is 0 Å². The van der Waals surface area contributed by atoms with Gasteiger partial charge in [-0.25, -0.2) is 4.39 Å². The van der Waals surface area contributed by atoms with E-state index in [9.17, 15) is 14.3 Å². The van der Waals surface area contributed by atoms with Gasteiger partial charge in [-0.3, -0.25) is 4.79 Å². The molecule has 0 radical (unpaired) electrons. The largest absolute Gasteiger partial charge is 0.360 e. The summed E-state index contributed by atoms with van der Waals surface area (Å²) >= 11 is 0. The molecule has 0 saturated carbocycles. The Labute approximate surface area is 98.6 Å². The van der Waals surface area contributed by atoms with Crippen LogP contribution in [0.3, 0.4) is 0 Å². The molecule has 1 N–H and O–H groups in total. The van der Waals surface area contributed by atoms with Crippen LogP contribution in [0, 0.1) is 5.82 Å². The van der Waals surface area contributed by atoms with Gasteiger partial charge in [-0.05, 0) is 24.6 Å². The number of amides is 1. The van der Waals surface area contributed by atoms with Crippen molar-refractivity contribution in [2.75, 3.05) is 6.54 Å². The number of hydrogen-bond donors (Lipinski definition) is 1. The fourth-order valence-electron chi connectivity index (χ4n) is 1.83. The molecule has 1 aliphatic heterocycles. The zero-order chi connectivity index (χ0) is 12.4. The smallest absolute Gasteiger partial charge is 0.279 e. The number of hydrogen-bond acceptors (Lipinski definition) is 3. The molecule has 1 aliphatic rings. The van der Waals surface area contributed by atoms with E-state index in [0.29, 0.717) is 13.1 Å². The first kappa shape index (κ1) is 12.0. The van der Waals surface area contributed by atoms with Crippen LogP contribution in [-0.2, 0) is 16.1 Å². The van der Waals surface area contributed by atoms with Crippen LogP contribution in [0.5, 0.6) is 0 Å². The molecule has 0 aliphatic carbocycles. The molecule has 1 heterocycles. The van der Waals surface area contributed by atoms with Gasteiger partial charge >= 0.3 is 0 Å². The average molecular weight is 239 g/mol. The van der Waals surface area contributed by atoms with Crippen molar-refractivity contribution in [1.82, 2.24) is 4.90 Å². The summed E-state index contributed by atoms with van der Waals surface area (Å²) in [5.74, 6) is -0.761. The van der Waals surface area contributed by atoms with Crippen molar-refractivity contribution in [2.45, 2.75) is 25.9 Å². The van der Waals surface area contributed by atoms with Gasteiger partial charge in [0.25, 0.3) is 5.91 Å². The van der Waals surface area contributed by atoms with Crippen molar-refractivity contribution in [3.05, 3.63) is 35.6 Å². The second kappa shape index (κ2) is 4.81. The molecule has 17 heavy (non-hydrogen) atoms. The zero-order valence-corrected chi connectivity index (χ0v) is 9.47. The molecule has 0 spiro atoms. The van der Waals surface area contributed by atoms with E-state index in [4.69, 9.17) is 4.74 Å². The monoisotopic (exact) mass is 239 g/mol. The number of carbonyl (C=O) groups is 1. The lowest BCUT2D eigenvalue weighted by molar-refractivity contribution is -0.198. The number of nitrogens with zero attached hydrogens (tertiary/aromatic N) is 1. The Kier molecular flexibility index (Phi) is 3.40. The minimum absolute atomic E-state index is 0.205. The Morgan fingerprint density at radius 1 is 1.47 bits per heavy atom. The van der Waals surface area contributed by atoms with Gasteiger partial charge < -0.3 is 14.7 Å². The van der Waals surface area contributed by atoms with Gasteiger partial charge in [0.05, 0.1) is 6.10 Å². The molecule has 2 atom stereocenters. The summed E-state index contributed by atoms with van der Waals surface area (Å²) in [6, 6.07) is 5.93. The van der Waals surface area contributed by atoms with E-state index < -0.39 is 12.2 Å². The van der Waals surface area contributed by atoms with Crippen molar-refractivity contribution in [2.24, 2.45) is 0 Å². The van der Waals surface area contributed by atoms with Crippen LogP contribution in [0.4, 0.5) is 4.39 Å². The number of morpholine rings is 1. The summed E-state index contributed by atoms with van der Waals surface area (Å²) in [5.41, 5.74) is 0.820. The highest BCUT2D eigenvalue weighted by Gasteiger charge is 2.31. The zero-order valence-electron chi connectivity index (χ0n) is 9.47. The van der Waals surface area contributed by atoms with Gasteiger partial charge in [0.1, 0.15) is 5.82 Å². The van der Waals surface area contributed by atoms with E-state index in [1.807, 2.05) is 0 Å². The summed E-state index contributed by atoms with van der Waals surface area (Å²) in [5, 5.41) is 9.37. The molecule has 4 nitrogen and oxygen atoms in total. The normalized spacial score (nSPS) is 25.1. The maximum absolute atomic E-state index is 12.7. The highest BCUT2D eigenvalue weighted by atomic mass is 19.1. The molecule has 92 valence electrons. The Balaban J connectivity index is 2.07. The fraction of sp³-hybridized carbons (Fsp3) is 0.417. The van der Waals surface area contributed by atoms with Crippen molar-refractivity contribution in [3.63, 3.8) is 0 Å². The number of rotatable bonds is 2. The number of benzene rings is 1. The quantitative estimate of drug-likeness (QED) is 0.834. The third-order valence-corrected chi connectivity index (χ3v) is 2.65. The van der Waals surface area contributed by atoms with Gasteiger partial charge in [0.2, 0.25) is 6.29 Å². The van der Waals surface area contributed by atoms with Gasteiger partial charge in [0, 0.05) is 13.1 Å². The summed E-state index contributed by atoms with van der Waals surface area (Å²) in [6.45, 7) is 2.56. The topological polar surface area (TPSA) is 49.8 Å². The number of aliphatic hydroxyl groups excluding tert-OH is 1. The maximum Gasteiger partial charge on any atom is 0.279 e. The summed E-state index contributed by atoms with van der Waals surface area (Å²) in [4.78, 5) is 13.1. The first-order chi connectivity index (χ1) is 8.06. The number of halogens is 1. The Morgan fingerprint density at radius 2 is 2.12 bits per heavy atom. The molecule has 1 fully saturated rings. The first-order valence-electron chi connectivity index (χ1n) is 5.43. The molecular formula is C12H14FNO3. The van der Waals surface area contributed by atoms with Crippen LogP contribution in [0.2, 0.25) is 0 Å². The Morgan fingerprint density at radius 3 is 2.76 bits per heavy atom. The minimum atomic E-state index is -1.39. The second-order valence-corrected chi connectivity index (χ2v) is 4.14. The highest BCUT2D eigenvalue weighted by molar-refractivity contribution is 5.80. The van der Waals surface area contributed by atoms with Crippen LogP contribution in [-0.4, -0.2) is 34.9 Å². The van der Waals surface area contributed by atoms with E-state index >= 15 is 0 Å². The first-order valence-corrected chi connectivity index (χ1v) is 5.43. The molecule has 0 bridgehead atoms. The fourth-order valence-corrected chi connectivity index (χ4v) is 1.83. The van der Waals surface area contributed by atoms with E-state index in [0.717, 1.165) is 5.56 Å². The maximum atomic E-state index is 12.7. The van der Waals surface area contributed by atoms with Crippen LogP contribution in [0.1, 0.15) is 12.5 Å². The molecule has 1 aromatic rings. The molecule has 1 unspecified atom stereocenters. The van der Waals surface area contributed by atoms with Crippen molar-refractivity contribution < 1.29 is 19.0 Å². The van der Waals surface area contributed by atoms with Crippen molar-refractivity contribution in [3.8, 4) is 0 Å². The Bertz CT molecular complexity index is 407. The predicted octanol–water partition coefficient (Wildman–Crippen LogP) is 0.891. The summed E-state index contributed by atoms with van der Waals surface area (Å²) < 4.78 is 17.7. The third kappa shape index (κ3) is 2.81. The molecule has 1 amide bonds. The SMILES string of the molecule is CC1CN(Cc2ccc(F)cc2)C(=O)[C@@H](O)O1. The van der Waals surface area contributed by atoms with Crippen LogP contribution < -0.4 is 0 Å². The molecular weight excluding hydrogens is 225 g/mol. The van der Waals surface area contributed by atoms with Crippen LogP contribution in [0.15, 0.2) is 24.3 Å². The van der Waals surface area contributed by atoms with Gasteiger partial charge in [0.15, 0.2) is 0 Å². The standard InChI is InChI=1S/C12H14FNO3/c1-8-6-14(11(15)12(16)17-8)7-9-2-4-10(13)5-3-9/h2-5,8,12,16H,6-7H2,1H3/t8?,12-/m0/s1. The molecule has 1 aromatic carbocycles. The molecule has 5 heteroatoms. The summed E-state index contributed by atoms with van der Waals surface area (Å²) in [7, 11) is 0. The van der Waals surface area contributed by atoms with Crippen molar-refractivity contribution >= 4 is 5.91 Å². The van der Waals surface area contributed by atoms with Gasteiger partial charge in [-0.15, -0.1) is 0 Å². The number of ether oxygens (including phenoxy) is 1. The lowest BCUT2D eigenvalue weighted by atomic mass is 10.2. The van der Waals surface area contributed by atoms with E-state index in [1.165, 1.54) is 17.0 Å². The lowest BCUT2D eigenvalue weighted by Crippen LogP contribution is -2.50. The Hall–Kier alpha value is -1.46. The number of aliphatic hydroxyl groups is 1. The van der Waals surface area contributed by atoms with E-state index in [2.05, 4.69) is 0 Å².